The lowest BCUT2D eigenvalue weighted by atomic mass is 10.2. The van der Waals surface area contributed by atoms with Crippen LogP contribution in [0, 0.1) is 0 Å². The monoisotopic (exact) mass is 266 g/mol. The van der Waals surface area contributed by atoms with E-state index < -0.39 is 5.97 Å². The molecule has 1 rings (SSSR count). The van der Waals surface area contributed by atoms with Crippen LogP contribution in [0.5, 0.6) is 0 Å². The molecule has 104 valence electrons. The first-order valence-corrected chi connectivity index (χ1v) is 5.73. The minimum atomic E-state index is -1.02. The van der Waals surface area contributed by atoms with Crippen LogP contribution in [0.2, 0.25) is 0 Å². The van der Waals surface area contributed by atoms with Gasteiger partial charge in [0.25, 0.3) is 0 Å². The zero-order valence-electron chi connectivity index (χ0n) is 10.9. The predicted octanol–water partition coefficient (Wildman–Crippen LogP) is 0.650. The third-order valence-corrected chi connectivity index (χ3v) is 2.42. The fourth-order valence-corrected chi connectivity index (χ4v) is 1.38. The zero-order chi connectivity index (χ0) is 14.4. The lowest BCUT2D eigenvalue weighted by Gasteiger charge is -2.13. The first-order valence-electron chi connectivity index (χ1n) is 5.73. The molecule has 0 heterocycles. The molecule has 5 N–H and O–H groups in total. The molecular weight excluding hydrogens is 248 g/mol. The number of nitrogens with two attached hydrogens (primary N) is 1. The summed E-state index contributed by atoms with van der Waals surface area (Å²) in [6.07, 6.45) is 0. The van der Waals surface area contributed by atoms with Gasteiger partial charge in [0.05, 0.1) is 16.9 Å². The molecule has 2 amide bonds. The number of hydrogen-bond donors (Lipinski definition) is 4. The number of carboxylic acids is 1. The van der Waals surface area contributed by atoms with Crippen LogP contribution in [0.4, 0.5) is 16.2 Å². The quantitative estimate of drug-likeness (QED) is 0.462. The number of rotatable bonds is 5. The predicted molar refractivity (Wildman–Crippen MR) is 73.4 cm³/mol. The molecule has 7 heteroatoms. The third-order valence-electron chi connectivity index (χ3n) is 2.42. The van der Waals surface area contributed by atoms with Crippen molar-refractivity contribution in [2.24, 2.45) is 0 Å². The highest BCUT2D eigenvalue weighted by atomic mass is 16.4. The first kappa shape index (κ1) is 14.6. The SMILES string of the molecule is CN(C)C(=O)NCCNc1ccc(C(=O)O)cc1N. The molecule has 0 aliphatic heterocycles. The number of hydrogen-bond acceptors (Lipinski definition) is 4. The first-order chi connectivity index (χ1) is 8.91. The Labute approximate surface area is 111 Å². The minimum absolute atomic E-state index is 0.143. The maximum atomic E-state index is 11.2. The summed E-state index contributed by atoms with van der Waals surface area (Å²) in [6.45, 7) is 0.938. The Morgan fingerprint density at radius 3 is 2.53 bits per heavy atom. The minimum Gasteiger partial charge on any atom is -0.478 e. The van der Waals surface area contributed by atoms with Gasteiger partial charge in [-0.15, -0.1) is 0 Å². The van der Waals surface area contributed by atoms with Crippen molar-refractivity contribution in [2.75, 3.05) is 38.2 Å². The Morgan fingerprint density at radius 2 is 2.00 bits per heavy atom. The molecule has 0 bridgehead atoms. The van der Waals surface area contributed by atoms with E-state index in [2.05, 4.69) is 10.6 Å². The van der Waals surface area contributed by atoms with Crippen LogP contribution in [0.25, 0.3) is 0 Å². The van der Waals surface area contributed by atoms with Crippen LogP contribution < -0.4 is 16.4 Å². The van der Waals surface area contributed by atoms with Gasteiger partial charge >= 0.3 is 12.0 Å². The number of nitrogen functional groups attached to an aromatic ring is 1. The lowest BCUT2D eigenvalue weighted by Crippen LogP contribution is -2.37. The molecule has 0 fully saturated rings. The second-order valence-corrected chi connectivity index (χ2v) is 4.16. The number of urea groups is 1. The van der Waals surface area contributed by atoms with Crippen molar-refractivity contribution in [1.82, 2.24) is 10.2 Å². The van der Waals surface area contributed by atoms with Gasteiger partial charge in [0.1, 0.15) is 0 Å². The van der Waals surface area contributed by atoms with Crippen molar-refractivity contribution in [3.63, 3.8) is 0 Å². The van der Waals surface area contributed by atoms with Crippen LogP contribution >= 0.6 is 0 Å². The molecule has 0 aliphatic rings. The second kappa shape index (κ2) is 6.48. The van der Waals surface area contributed by atoms with Crippen molar-refractivity contribution in [3.05, 3.63) is 23.8 Å². The second-order valence-electron chi connectivity index (χ2n) is 4.16. The molecular formula is C12H18N4O3. The van der Waals surface area contributed by atoms with Crippen molar-refractivity contribution in [2.45, 2.75) is 0 Å². The maximum absolute atomic E-state index is 11.2. The van der Waals surface area contributed by atoms with Crippen LogP contribution in [-0.2, 0) is 0 Å². The van der Waals surface area contributed by atoms with Crippen LogP contribution in [0.1, 0.15) is 10.4 Å². The summed E-state index contributed by atoms with van der Waals surface area (Å²) >= 11 is 0. The van der Waals surface area contributed by atoms with Crippen molar-refractivity contribution >= 4 is 23.4 Å². The summed E-state index contributed by atoms with van der Waals surface area (Å²) in [6, 6.07) is 4.30. The molecule has 0 aromatic heterocycles. The summed E-state index contributed by atoms with van der Waals surface area (Å²) in [5.41, 5.74) is 6.87. The van der Waals surface area contributed by atoms with Crippen LogP contribution in [-0.4, -0.2) is 49.2 Å². The Hall–Kier alpha value is -2.44. The van der Waals surface area contributed by atoms with E-state index in [1.807, 2.05) is 0 Å². The molecule has 0 radical (unpaired) electrons. The molecule has 0 unspecified atom stereocenters. The van der Waals surface area contributed by atoms with Gasteiger partial charge in [-0.1, -0.05) is 0 Å². The summed E-state index contributed by atoms with van der Waals surface area (Å²) in [5, 5.41) is 14.5. The normalized spacial score (nSPS) is 9.79. The molecule has 0 atom stereocenters. The number of nitrogens with zero attached hydrogens (tertiary/aromatic N) is 1. The fourth-order valence-electron chi connectivity index (χ4n) is 1.38. The van der Waals surface area contributed by atoms with Gasteiger partial charge in [0.15, 0.2) is 0 Å². The average molecular weight is 266 g/mol. The van der Waals surface area contributed by atoms with Gasteiger partial charge in [0.2, 0.25) is 0 Å². The van der Waals surface area contributed by atoms with Crippen LogP contribution in [0.15, 0.2) is 18.2 Å². The van der Waals surface area contributed by atoms with E-state index in [1.54, 1.807) is 20.2 Å². The number of amides is 2. The smallest absolute Gasteiger partial charge is 0.335 e. The van der Waals surface area contributed by atoms with Gasteiger partial charge < -0.3 is 26.4 Å². The van der Waals surface area contributed by atoms with E-state index in [1.165, 1.54) is 17.0 Å². The topological polar surface area (TPSA) is 108 Å². The molecule has 1 aromatic carbocycles. The Morgan fingerprint density at radius 1 is 1.32 bits per heavy atom. The van der Waals surface area contributed by atoms with E-state index in [0.29, 0.717) is 24.5 Å². The van der Waals surface area contributed by atoms with E-state index >= 15 is 0 Å². The molecule has 0 saturated heterocycles. The number of anilines is 2. The number of aromatic carboxylic acids is 1. The summed E-state index contributed by atoms with van der Waals surface area (Å²) in [5.74, 6) is -1.02. The number of nitrogens with one attached hydrogen (secondary N) is 2. The maximum Gasteiger partial charge on any atom is 0.335 e. The highest BCUT2D eigenvalue weighted by Crippen LogP contribution is 2.19. The van der Waals surface area contributed by atoms with E-state index in [-0.39, 0.29) is 11.6 Å². The summed E-state index contributed by atoms with van der Waals surface area (Å²) in [7, 11) is 3.32. The Balaban J connectivity index is 2.46. The average Bonchev–Trinajstić information content (AvgIpc) is 2.35. The summed E-state index contributed by atoms with van der Waals surface area (Å²) < 4.78 is 0. The fraction of sp³-hybridized carbons (Fsp3) is 0.333. The van der Waals surface area contributed by atoms with E-state index in [9.17, 15) is 9.59 Å². The largest absolute Gasteiger partial charge is 0.478 e. The molecule has 0 spiro atoms. The Bertz CT molecular complexity index is 474. The molecule has 0 aliphatic carbocycles. The van der Waals surface area contributed by atoms with Gasteiger partial charge in [-0.2, -0.15) is 0 Å². The van der Waals surface area contributed by atoms with Crippen molar-refractivity contribution in [1.29, 1.82) is 0 Å². The van der Waals surface area contributed by atoms with Gasteiger partial charge in [0, 0.05) is 27.2 Å². The standard InChI is InChI=1S/C12H18N4O3/c1-16(2)12(19)15-6-5-14-10-4-3-8(11(17)18)7-9(10)13/h3-4,7,14H,5-6,13H2,1-2H3,(H,15,19)(H,17,18). The summed E-state index contributed by atoms with van der Waals surface area (Å²) in [4.78, 5) is 23.4. The Kier molecular flexibility index (Phi) is 4.99. The number of carboxylic acid groups (broad SMARTS) is 1. The zero-order valence-corrected chi connectivity index (χ0v) is 10.9. The molecule has 19 heavy (non-hydrogen) atoms. The van der Waals surface area contributed by atoms with E-state index in [4.69, 9.17) is 10.8 Å². The molecule has 1 aromatic rings. The molecule has 7 nitrogen and oxygen atoms in total. The van der Waals surface area contributed by atoms with Crippen molar-refractivity contribution in [3.8, 4) is 0 Å². The number of benzene rings is 1. The van der Waals surface area contributed by atoms with Gasteiger partial charge in [-0.3, -0.25) is 0 Å². The van der Waals surface area contributed by atoms with E-state index in [0.717, 1.165) is 0 Å². The number of carbonyl (C=O) groups excluding carboxylic acids is 1. The van der Waals surface area contributed by atoms with Crippen LogP contribution in [0.3, 0.4) is 0 Å². The van der Waals surface area contributed by atoms with Gasteiger partial charge in [-0.05, 0) is 18.2 Å². The third kappa shape index (κ3) is 4.38. The lowest BCUT2D eigenvalue weighted by molar-refractivity contribution is 0.0697. The number of carbonyl (C=O) groups is 2. The van der Waals surface area contributed by atoms with Gasteiger partial charge in [-0.25, -0.2) is 9.59 Å². The highest BCUT2D eigenvalue weighted by Gasteiger charge is 2.06. The van der Waals surface area contributed by atoms with Crippen molar-refractivity contribution < 1.29 is 14.7 Å². The highest BCUT2D eigenvalue weighted by molar-refractivity contribution is 5.90. The molecule has 0 saturated carbocycles.